The maximum atomic E-state index is 12.7. The Bertz CT molecular complexity index is 1370. The first-order valence-electron chi connectivity index (χ1n) is 10.1. The van der Waals surface area contributed by atoms with Gasteiger partial charge in [0.05, 0.1) is 12.8 Å². The molecule has 2 aromatic carbocycles. The van der Waals surface area contributed by atoms with Crippen LogP contribution < -0.4 is 20.9 Å². The van der Waals surface area contributed by atoms with Gasteiger partial charge in [0.1, 0.15) is 11.5 Å². The minimum atomic E-state index is -0.317. The van der Waals surface area contributed by atoms with Crippen LogP contribution >= 0.6 is 0 Å². The number of hydrogen-bond donors (Lipinski definition) is 2. The molecule has 0 unspecified atom stereocenters. The van der Waals surface area contributed by atoms with Crippen LogP contribution in [0.5, 0.6) is 6.01 Å². The molecule has 0 radical (unpaired) electrons. The number of ether oxygens (including phenoxy) is 1. The predicted octanol–water partition coefficient (Wildman–Crippen LogP) is 3.55. The first-order valence-corrected chi connectivity index (χ1v) is 10.1. The summed E-state index contributed by atoms with van der Waals surface area (Å²) in [4.78, 5) is 33.4. The number of amides is 1. The number of hydrogen-bond acceptors (Lipinski definition) is 7. The van der Waals surface area contributed by atoms with Crippen molar-refractivity contribution in [3.8, 4) is 17.3 Å². The molecule has 2 aromatic heterocycles. The fourth-order valence-electron chi connectivity index (χ4n) is 3.31. The van der Waals surface area contributed by atoms with E-state index in [1.54, 1.807) is 31.3 Å². The highest BCUT2D eigenvalue weighted by Gasteiger charge is 2.14. The smallest absolute Gasteiger partial charge is 0.318 e. The van der Waals surface area contributed by atoms with Crippen LogP contribution in [-0.2, 0) is 7.05 Å². The molecule has 0 saturated heterocycles. The number of methoxy groups -OCH3 is 1. The van der Waals surface area contributed by atoms with Crippen LogP contribution in [0.1, 0.15) is 15.9 Å². The monoisotopic (exact) mass is 442 g/mol. The lowest BCUT2D eigenvalue weighted by Gasteiger charge is -2.14. The number of anilines is 3. The number of aromatic nitrogens is 4. The van der Waals surface area contributed by atoms with Gasteiger partial charge < -0.3 is 15.4 Å². The molecular weight excluding hydrogens is 420 g/mol. The van der Waals surface area contributed by atoms with Gasteiger partial charge in [-0.05, 0) is 42.8 Å². The quantitative estimate of drug-likeness (QED) is 0.470. The largest absolute Gasteiger partial charge is 0.467 e. The molecule has 2 N–H and O–H groups in total. The van der Waals surface area contributed by atoms with Gasteiger partial charge in [0.15, 0.2) is 0 Å². The van der Waals surface area contributed by atoms with Crippen LogP contribution in [0.3, 0.4) is 0 Å². The van der Waals surface area contributed by atoms with Crippen molar-refractivity contribution in [2.45, 2.75) is 6.92 Å². The third kappa shape index (κ3) is 4.72. The summed E-state index contributed by atoms with van der Waals surface area (Å²) < 4.78 is 6.29. The Labute approximate surface area is 190 Å². The van der Waals surface area contributed by atoms with Gasteiger partial charge in [0, 0.05) is 30.1 Å². The fraction of sp³-hybridized carbons (Fsp3) is 0.125. The highest BCUT2D eigenvalue weighted by atomic mass is 16.5. The van der Waals surface area contributed by atoms with Gasteiger partial charge in [-0.25, -0.2) is 9.67 Å². The molecule has 9 heteroatoms. The number of nitrogens with zero attached hydrogens (tertiary/aromatic N) is 4. The Morgan fingerprint density at radius 1 is 1.03 bits per heavy atom. The van der Waals surface area contributed by atoms with E-state index in [0.29, 0.717) is 28.5 Å². The number of nitrogens with one attached hydrogen (secondary N) is 2. The third-order valence-corrected chi connectivity index (χ3v) is 5.04. The molecule has 0 aliphatic carbocycles. The number of carbonyl (C=O) groups excluding carboxylic acids is 1. The minimum Gasteiger partial charge on any atom is -0.467 e. The lowest BCUT2D eigenvalue weighted by molar-refractivity contribution is 0.102. The van der Waals surface area contributed by atoms with Crippen LogP contribution in [0.2, 0.25) is 0 Å². The number of benzene rings is 2. The molecule has 166 valence electrons. The van der Waals surface area contributed by atoms with E-state index < -0.39 is 0 Å². The van der Waals surface area contributed by atoms with Crippen molar-refractivity contribution < 1.29 is 9.53 Å². The summed E-state index contributed by atoms with van der Waals surface area (Å²) in [5, 5.41) is 10.4. The van der Waals surface area contributed by atoms with Gasteiger partial charge in [0.2, 0.25) is 0 Å². The molecule has 0 aliphatic heterocycles. The van der Waals surface area contributed by atoms with Crippen LogP contribution in [-0.4, -0.2) is 32.8 Å². The highest BCUT2D eigenvalue weighted by Crippen LogP contribution is 2.28. The average molecular weight is 442 g/mol. The van der Waals surface area contributed by atoms with Crippen molar-refractivity contribution in [3.05, 3.63) is 88.3 Å². The van der Waals surface area contributed by atoms with Crippen molar-refractivity contribution in [2.24, 2.45) is 7.05 Å². The van der Waals surface area contributed by atoms with E-state index in [4.69, 9.17) is 4.74 Å². The Morgan fingerprint density at radius 2 is 1.82 bits per heavy atom. The Balaban J connectivity index is 1.68. The molecule has 33 heavy (non-hydrogen) atoms. The van der Waals surface area contributed by atoms with E-state index in [0.717, 1.165) is 11.1 Å². The van der Waals surface area contributed by atoms with E-state index in [1.165, 1.54) is 18.0 Å². The summed E-state index contributed by atoms with van der Waals surface area (Å²) in [6, 6.07) is 18.0. The van der Waals surface area contributed by atoms with Crippen molar-refractivity contribution in [1.82, 2.24) is 19.7 Å². The highest BCUT2D eigenvalue weighted by molar-refractivity contribution is 6.05. The normalized spacial score (nSPS) is 10.5. The maximum Gasteiger partial charge on any atom is 0.318 e. The van der Waals surface area contributed by atoms with Crippen molar-refractivity contribution in [2.75, 3.05) is 17.7 Å². The molecule has 2 heterocycles. The molecule has 9 nitrogen and oxygen atoms in total. The molecule has 4 rings (SSSR count). The van der Waals surface area contributed by atoms with Gasteiger partial charge >= 0.3 is 6.01 Å². The zero-order valence-electron chi connectivity index (χ0n) is 18.4. The first kappa shape index (κ1) is 21.7. The minimum absolute atomic E-state index is 0.184. The molecule has 0 spiro atoms. The van der Waals surface area contributed by atoms with Gasteiger partial charge in [-0.1, -0.05) is 30.3 Å². The van der Waals surface area contributed by atoms with Gasteiger partial charge in [-0.2, -0.15) is 10.1 Å². The van der Waals surface area contributed by atoms with Gasteiger partial charge in [-0.15, -0.1) is 0 Å². The number of aryl methyl sites for hydroxylation is 1. The van der Waals surface area contributed by atoms with Crippen LogP contribution in [0.15, 0.2) is 71.7 Å². The SMILES string of the molecule is COc1nccc(Nc2cc(-c3cccc(NC(=O)c4ccccc4)c3C)nn(C)c2=O)n1. The number of carbonyl (C=O) groups is 1. The number of rotatable bonds is 6. The van der Waals surface area contributed by atoms with E-state index in [-0.39, 0.29) is 17.5 Å². The van der Waals surface area contributed by atoms with E-state index in [9.17, 15) is 9.59 Å². The van der Waals surface area contributed by atoms with Gasteiger partial charge in [0.25, 0.3) is 11.5 Å². The predicted molar refractivity (Wildman–Crippen MR) is 126 cm³/mol. The van der Waals surface area contributed by atoms with Crippen molar-refractivity contribution in [1.29, 1.82) is 0 Å². The second-order valence-corrected chi connectivity index (χ2v) is 7.22. The Morgan fingerprint density at radius 3 is 2.58 bits per heavy atom. The first-order chi connectivity index (χ1) is 16.0. The molecular formula is C24H22N6O3. The molecule has 4 aromatic rings. The third-order valence-electron chi connectivity index (χ3n) is 5.04. The van der Waals surface area contributed by atoms with Gasteiger partial charge in [-0.3, -0.25) is 9.59 Å². The lowest BCUT2D eigenvalue weighted by Crippen LogP contribution is -2.23. The van der Waals surface area contributed by atoms with Crippen LogP contribution in [0, 0.1) is 6.92 Å². The molecule has 0 bridgehead atoms. The standard InChI is InChI=1S/C24H22N6O3/c1-15-17(10-7-11-18(15)27-22(31)16-8-5-4-6-9-16)19-14-20(23(32)30(2)29-19)26-21-12-13-25-24(28-21)33-3/h4-14H,1-3H3,(H,27,31)(H,25,26,28). The summed E-state index contributed by atoms with van der Waals surface area (Å²) in [6.45, 7) is 1.89. The topological polar surface area (TPSA) is 111 Å². The molecule has 0 fully saturated rings. The summed E-state index contributed by atoms with van der Waals surface area (Å²) in [5.41, 5.74) is 3.36. The average Bonchev–Trinajstić information content (AvgIpc) is 2.84. The summed E-state index contributed by atoms with van der Waals surface area (Å²) in [7, 11) is 3.04. The zero-order chi connectivity index (χ0) is 23.4. The second-order valence-electron chi connectivity index (χ2n) is 7.22. The summed E-state index contributed by atoms with van der Waals surface area (Å²) >= 11 is 0. The van der Waals surface area contributed by atoms with E-state index >= 15 is 0 Å². The Hall–Kier alpha value is -4.53. The zero-order valence-corrected chi connectivity index (χ0v) is 18.4. The fourth-order valence-corrected chi connectivity index (χ4v) is 3.31. The van der Waals surface area contributed by atoms with Crippen molar-refractivity contribution >= 4 is 23.1 Å². The van der Waals surface area contributed by atoms with E-state index in [1.807, 2.05) is 43.3 Å². The Kier molecular flexibility index (Phi) is 6.12. The second kappa shape index (κ2) is 9.31. The lowest BCUT2D eigenvalue weighted by atomic mass is 10.0. The molecule has 0 atom stereocenters. The van der Waals surface area contributed by atoms with E-state index in [2.05, 4.69) is 25.7 Å². The molecule has 0 saturated carbocycles. The summed E-state index contributed by atoms with van der Waals surface area (Å²) in [6.07, 6.45) is 1.53. The van der Waals surface area contributed by atoms with Crippen molar-refractivity contribution in [3.63, 3.8) is 0 Å². The molecule has 0 aliphatic rings. The maximum absolute atomic E-state index is 12.7. The van der Waals surface area contributed by atoms with Crippen LogP contribution in [0.25, 0.3) is 11.3 Å². The molecule has 1 amide bonds. The van der Waals surface area contributed by atoms with Crippen LogP contribution in [0.4, 0.5) is 17.2 Å². The summed E-state index contributed by atoms with van der Waals surface area (Å²) in [5.74, 6) is 0.209.